The summed E-state index contributed by atoms with van der Waals surface area (Å²) in [6.45, 7) is 0. The second-order valence-electron chi connectivity index (χ2n) is 4.97. The van der Waals surface area contributed by atoms with Crippen molar-refractivity contribution in [2.75, 3.05) is 10.7 Å². The molecule has 2 aromatic rings. The van der Waals surface area contributed by atoms with Gasteiger partial charge in [0, 0.05) is 20.5 Å². The Morgan fingerprint density at radius 3 is 1.95 bits per heavy atom. The lowest BCUT2D eigenvalue weighted by Crippen LogP contribution is -2.33. The predicted octanol–water partition coefficient (Wildman–Crippen LogP) is 6.00. The van der Waals surface area contributed by atoms with Gasteiger partial charge in [0.05, 0.1) is 0 Å². The van der Waals surface area contributed by atoms with Gasteiger partial charge >= 0.3 is 0 Å². The van der Waals surface area contributed by atoms with Crippen LogP contribution in [0.1, 0.15) is 11.1 Å². The molecule has 0 saturated heterocycles. The molecule has 0 heterocycles. The molecule has 0 radical (unpaired) electrons. The maximum Gasteiger partial charge on any atom is 0.124 e. The SMILES string of the molecule is Fc1ccc(C(CBr)(CBr)Cc2ccc(F)cc2Br)cc1. The molecule has 0 nitrogen and oxygen atoms in total. The van der Waals surface area contributed by atoms with Crippen LogP contribution in [0.4, 0.5) is 8.78 Å². The first-order valence-corrected chi connectivity index (χ1v) is 9.36. The molecule has 0 aliphatic rings. The van der Waals surface area contributed by atoms with Crippen molar-refractivity contribution in [1.82, 2.24) is 0 Å². The largest absolute Gasteiger partial charge is 0.207 e. The second kappa shape index (κ2) is 7.34. The molecule has 0 amide bonds. The zero-order chi connectivity index (χ0) is 15.5. The van der Waals surface area contributed by atoms with Gasteiger partial charge in [0.25, 0.3) is 0 Å². The van der Waals surface area contributed by atoms with Gasteiger partial charge < -0.3 is 0 Å². The number of halogens is 5. The zero-order valence-corrected chi connectivity index (χ0v) is 15.8. The van der Waals surface area contributed by atoms with E-state index in [1.807, 2.05) is 0 Å². The monoisotopic (exact) mass is 480 g/mol. The highest BCUT2D eigenvalue weighted by atomic mass is 79.9. The van der Waals surface area contributed by atoms with Crippen LogP contribution in [0, 0.1) is 11.6 Å². The molecule has 2 rings (SSSR count). The Labute approximate surface area is 148 Å². The number of rotatable bonds is 5. The first kappa shape index (κ1) is 17.1. The minimum atomic E-state index is -0.268. The highest BCUT2D eigenvalue weighted by Crippen LogP contribution is 2.35. The molecule has 0 atom stereocenters. The third-order valence-electron chi connectivity index (χ3n) is 3.51. The Morgan fingerprint density at radius 2 is 1.43 bits per heavy atom. The average Bonchev–Trinajstić information content (AvgIpc) is 2.48. The van der Waals surface area contributed by atoms with E-state index in [-0.39, 0.29) is 17.0 Å². The van der Waals surface area contributed by atoms with Crippen molar-refractivity contribution in [3.63, 3.8) is 0 Å². The van der Waals surface area contributed by atoms with Crippen molar-refractivity contribution in [1.29, 1.82) is 0 Å². The van der Waals surface area contributed by atoms with E-state index in [1.54, 1.807) is 18.2 Å². The fourth-order valence-electron chi connectivity index (χ4n) is 2.22. The highest BCUT2D eigenvalue weighted by Gasteiger charge is 2.31. The summed E-state index contributed by atoms with van der Waals surface area (Å²) in [7, 11) is 0. The van der Waals surface area contributed by atoms with E-state index in [0.717, 1.165) is 15.6 Å². The van der Waals surface area contributed by atoms with Crippen molar-refractivity contribution in [2.45, 2.75) is 11.8 Å². The van der Waals surface area contributed by atoms with E-state index in [1.165, 1.54) is 24.3 Å². The lowest BCUT2D eigenvalue weighted by molar-refractivity contribution is 0.545. The van der Waals surface area contributed by atoms with Crippen molar-refractivity contribution in [2.24, 2.45) is 0 Å². The van der Waals surface area contributed by atoms with Gasteiger partial charge in [-0.05, 0) is 41.8 Å². The molecule has 0 aliphatic heterocycles. The van der Waals surface area contributed by atoms with Crippen molar-refractivity contribution >= 4 is 47.8 Å². The molecule has 0 bridgehead atoms. The summed E-state index contributed by atoms with van der Waals surface area (Å²) in [6, 6.07) is 11.2. The lowest BCUT2D eigenvalue weighted by Gasteiger charge is -2.31. The third-order valence-corrected chi connectivity index (χ3v) is 6.40. The van der Waals surface area contributed by atoms with E-state index in [2.05, 4.69) is 47.8 Å². The Morgan fingerprint density at radius 1 is 0.857 bits per heavy atom. The number of hydrogen-bond acceptors (Lipinski definition) is 0. The summed E-state index contributed by atoms with van der Waals surface area (Å²) in [4.78, 5) is 0. The molecule has 0 saturated carbocycles. The first-order valence-electron chi connectivity index (χ1n) is 6.33. The molecule has 0 fully saturated rings. The van der Waals surface area contributed by atoms with Crippen LogP contribution in [0.2, 0.25) is 0 Å². The lowest BCUT2D eigenvalue weighted by atomic mass is 9.79. The Bertz CT molecular complexity index is 607. The molecule has 21 heavy (non-hydrogen) atoms. The van der Waals surface area contributed by atoms with E-state index >= 15 is 0 Å². The Kier molecular flexibility index (Phi) is 5.97. The van der Waals surface area contributed by atoms with Gasteiger partial charge in [0.15, 0.2) is 0 Å². The van der Waals surface area contributed by atoms with Crippen LogP contribution in [0.5, 0.6) is 0 Å². The van der Waals surface area contributed by atoms with E-state index in [4.69, 9.17) is 0 Å². The number of benzene rings is 2. The third kappa shape index (κ3) is 3.93. The molecule has 0 spiro atoms. The van der Waals surface area contributed by atoms with Gasteiger partial charge in [-0.25, -0.2) is 8.78 Å². The molecule has 0 unspecified atom stereocenters. The minimum absolute atomic E-state index is 0.228. The van der Waals surface area contributed by atoms with Crippen molar-refractivity contribution in [3.8, 4) is 0 Å². The summed E-state index contributed by atoms with van der Waals surface area (Å²) >= 11 is 10.6. The van der Waals surface area contributed by atoms with Gasteiger partial charge in [-0.3, -0.25) is 0 Å². The normalized spacial score (nSPS) is 11.7. The highest BCUT2D eigenvalue weighted by molar-refractivity contribution is 9.10. The van der Waals surface area contributed by atoms with Crippen LogP contribution in [-0.2, 0) is 11.8 Å². The van der Waals surface area contributed by atoms with Crippen LogP contribution in [0.25, 0.3) is 0 Å². The molecule has 0 aliphatic carbocycles. The standard InChI is InChI=1S/C16H13Br3F2/c17-9-16(10-18,12-2-5-13(20)6-3-12)8-11-1-4-14(21)7-15(11)19/h1-7H,8-10H2. The second-order valence-corrected chi connectivity index (χ2v) is 6.94. The minimum Gasteiger partial charge on any atom is -0.207 e. The molecule has 112 valence electrons. The van der Waals surface area contributed by atoms with Gasteiger partial charge in [0.1, 0.15) is 11.6 Å². The van der Waals surface area contributed by atoms with E-state index in [9.17, 15) is 8.78 Å². The average molecular weight is 483 g/mol. The summed E-state index contributed by atoms with van der Waals surface area (Å²) in [5.74, 6) is -0.518. The van der Waals surface area contributed by atoms with Gasteiger partial charge in [-0.2, -0.15) is 0 Å². The van der Waals surface area contributed by atoms with Crippen LogP contribution in [0.3, 0.4) is 0 Å². The Balaban J connectivity index is 2.40. The predicted molar refractivity (Wildman–Crippen MR) is 93.5 cm³/mol. The van der Waals surface area contributed by atoms with E-state index in [0.29, 0.717) is 17.1 Å². The molecular formula is C16H13Br3F2. The molecular weight excluding hydrogens is 470 g/mol. The van der Waals surface area contributed by atoms with Crippen LogP contribution >= 0.6 is 47.8 Å². The smallest absolute Gasteiger partial charge is 0.124 e. The first-order chi connectivity index (χ1) is 10.0. The van der Waals surface area contributed by atoms with Gasteiger partial charge in [-0.1, -0.05) is 66.0 Å². The summed E-state index contributed by atoms with van der Waals surface area (Å²) in [5, 5.41) is 1.42. The molecule has 5 heteroatoms. The number of hydrogen-bond donors (Lipinski definition) is 0. The number of alkyl halides is 2. The summed E-state index contributed by atoms with van der Waals surface area (Å²) in [6.07, 6.45) is 0.704. The molecule has 0 N–H and O–H groups in total. The quantitative estimate of drug-likeness (QED) is 0.459. The van der Waals surface area contributed by atoms with Crippen molar-refractivity contribution in [3.05, 3.63) is 69.7 Å². The fourth-order valence-corrected chi connectivity index (χ4v) is 4.68. The van der Waals surface area contributed by atoms with Crippen molar-refractivity contribution < 1.29 is 8.78 Å². The molecule has 0 aromatic heterocycles. The molecule has 2 aromatic carbocycles. The topological polar surface area (TPSA) is 0 Å². The maximum absolute atomic E-state index is 13.2. The summed E-state index contributed by atoms with van der Waals surface area (Å²) in [5.41, 5.74) is 1.82. The van der Waals surface area contributed by atoms with Crippen LogP contribution < -0.4 is 0 Å². The fraction of sp³-hybridized carbons (Fsp3) is 0.250. The van der Waals surface area contributed by atoms with Crippen LogP contribution in [-0.4, -0.2) is 10.7 Å². The van der Waals surface area contributed by atoms with Gasteiger partial charge in [-0.15, -0.1) is 0 Å². The van der Waals surface area contributed by atoms with E-state index < -0.39 is 0 Å². The maximum atomic E-state index is 13.2. The van der Waals surface area contributed by atoms with Crippen LogP contribution in [0.15, 0.2) is 46.9 Å². The zero-order valence-electron chi connectivity index (χ0n) is 11.1. The van der Waals surface area contributed by atoms with Gasteiger partial charge in [0.2, 0.25) is 0 Å². The summed E-state index contributed by atoms with van der Waals surface area (Å²) < 4.78 is 27.1. The Hall–Kier alpha value is -0.260.